The summed E-state index contributed by atoms with van der Waals surface area (Å²) in [6, 6.07) is 3.45. The van der Waals surface area contributed by atoms with Gasteiger partial charge in [0.1, 0.15) is 5.67 Å². The maximum absolute atomic E-state index is 15.5. The molecule has 0 bridgehead atoms. The summed E-state index contributed by atoms with van der Waals surface area (Å²) in [6.45, 7) is 3.17. The minimum atomic E-state index is -2.54. The van der Waals surface area contributed by atoms with E-state index in [4.69, 9.17) is 9.47 Å². The molecular weight excluding hydrogens is 487 g/mol. The second-order valence-corrected chi connectivity index (χ2v) is 9.83. The molecular formula is C26H34F3N5O3. The highest BCUT2D eigenvalue weighted by Crippen LogP contribution is 2.35. The van der Waals surface area contributed by atoms with Crippen LogP contribution in [0.3, 0.4) is 0 Å². The summed E-state index contributed by atoms with van der Waals surface area (Å²) in [5.74, 6) is 0.258. The van der Waals surface area contributed by atoms with Gasteiger partial charge in [0.2, 0.25) is 11.8 Å². The zero-order valence-electron chi connectivity index (χ0n) is 21.1. The van der Waals surface area contributed by atoms with E-state index in [0.717, 1.165) is 36.5 Å². The number of amides is 1. The zero-order chi connectivity index (χ0) is 26.3. The molecule has 1 N–H and O–H groups in total. The van der Waals surface area contributed by atoms with E-state index in [9.17, 15) is 13.6 Å². The highest BCUT2D eigenvalue weighted by molar-refractivity contribution is 5.77. The fourth-order valence-electron chi connectivity index (χ4n) is 4.81. The van der Waals surface area contributed by atoms with E-state index >= 15 is 4.39 Å². The van der Waals surface area contributed by atoms with Gasteiger partial charge < -0.3 is 19.7 Å². The molecule has 1 saturated carbocycles. The monoisotopic (exact) mass is 521 g/mol. The van der Waals surface area contributed by atoms with Crippen LogP contribution < -0.4 is 14.8 Å². The Morgan fingerprint density at radius 1 is 1.14 bits per heavy atom. The number of aromatic nitrogens is 3. The summed E-state index contributed by atoms with van der Waals surface area (Å²) in [7, 11) is 0. The molecule has 1 aliphatic heterocycles. The minimum Gasteiger partial charge on any atom is -0.472 e. The molecule has 1 fully saturated rings. The van der Waals surface area contributed by atoms with Crippen molar-refractivity contribution in [3.63, 3.8) is 0 Å². The van der Waals surface area contributed by atoms with Crippen molar-refractivity contribution in [1.29, 1.82) is 0 Å². The van der Waals surface area contributed by atoms with Gasteiger partial charge in [0, 0.05) is 43.9 Å². The van der Waals surface area contributed by atoms with Gasteiger partial charge in [0.25, 0.3) is 12.3 Å². The second-order valence-electron chi connectivity index (χ2n) is 9.83. The SMILES string of the molecule is Cc1cnc(OCC(=O)N[C@H]2CC[C@](F)(CCN3CCc4ccc(OCC(F)F)nc4CC3)CC2)cn1. The number of rotatable bonds is 10. The Morgan fingerprint density at radius 3 is 2.65 bits per heavy atom. The number of nitrogens with zero attached hydrogens (tertiary/aromatic N) is 4. The number of fused-ring (bicyclic) bond motifs is 1. The summed E-state index contributed by atoms with van der Waals surface area (Å²) < 4.78 is 50.8. The quantitative estimate of drug-likeness (QED) is 0.512. The third kappa shape index (κ3) is 8.28. The van der Waals surface area contributed by atoms with Gasteiger partial charge >= 0.3 is 0 Å². The molecule has 202 valence electrons. The van der Waals surface area contributed by atoms with Crippen LogP contribution in [0.1, 0.15) is 49.1 Å². The van der Waals surface area contributed by atoms with Gasteiger partial charge in [-0.3, -0.25) is 9.78 Å². The average molecular weight is 522 g/mol. The summed E-state index contributed by atoms with van der Waals surface area (Å²) in [6.07, 6.45) is 4.38. The molecule has 0 atom stereocenters. The first-order valence-electron chi connectivity index (χ1n) is 12.8. The zero-order valence-corrected chi connectivity index (χ0v) is 21.1. The number of carbonyl (C=O) groups excluding carboxylic acids is 1. The smallest absolute Gasteiger partial charge is 0.272 e. The third-order valence-corrected chi connectivity index (χ3v) is 6.99. The number of pyridine rings is 1. The molecule has 0 saturated heterocycles. The van der Waals surface area contributed by atoms with Crippen LogP contribution in [0.4, 0.5) is 13.2 Å². The number of hydrogen-bond acceptors (Lipinski definition) is 7. The van der Waals surface area contributed by atoms with Crippen LogP contribution in [0.2, 0.25) is 0 Å². The molecule has 0 spiro atoms. The van der Waals surface area contributed by atoms with Gasteiger partial charge in [0.05, 0.1) is 18.1 Å². The molecule has 0 radical (unpaired) electrons. The number of halogens is 3. The van der Waals surface area contributed by atoms with Crippen molar-refractivity contribution in [3.8, 4) is 11.8 Å². The molecule has 2 aromatic heterocycles. The van der Waals surface area contributed by atoms with Crippen molar-refractivity contribution in [1.82, 2.24) is 25.2 Å². The first-order valence-corrected chi connectivity index (χ1v) is 12.8. The van der Waals surface area contributed by atoms with Crippen molar-refractivity contribution < 1.29 is 27.4 Å². The predicted octanol–water partition coefficient (Wildman–Crippen LogP) is 3.46. The highest BCUT2D eigenvalue weighted by atomic mass is 19.3. The van der Waals surface area contributed by atoms with Gasteiger partial charge in [-0.05, 0) is 51.0 Å². The van der Waals surface area contributed by atoms with Crippen LogP contribution >= 0.6 is 0 Å². The molecule has 1 amide bonds. The van der Waals surface area contributed by atoms with E-state index in [1.54, 1.807) is 12.3 Å². The standard InChI is InChI=1S/C26H34F3N5O3/c1-18-14-31-25(15-30-18)37-17-23(35)32-20-4-8-26(29,9-5-20)10-13-34-11-6-19-2-3-24(36-16-22(27)28)33-21(19)7-12-34/h2-3,14-15,20,22H,4-13,16-17H2,1H3,(H,32,35)/t20-,26+. The lowest BCUT2D eigenvalue weighted by Gasteiger charge is -2.35. The van der Waals surface area contributed by atoms with Crippen molar-refractivity contribution in [3.05, 3.63) is 41.5 Å². The van der Waals surface area contributed by atoms with Crippen LogP contribution in [0.15, 0.2) is 24.5 Å². The number of aryl methyl sites for hydroxylation is 1. The summed E-state index contributed by atoms with van der Waals surface area (Å²) in [5, 5.41) is 2.93. The lowest BCUT2D eigenvalue weighted by Crippen LogP contribution is -2.44. The summed E-state index contributed by atoms with van der Waals surface area (Å²) in [4.78, 5) is 27.0. The van der Waals surface area contributed by atoms with Crippen LogP contribution in [0.25, 0.3) is 0 Å². The predicted molar refractivity (Wildman–Crippen MR) is 131 cm³/mol. The Bertz CT molecular complexity index is 1030. The normalized spacial score (nSPS) is 22.2. The number of carbonyl (C=O) groups is 1. The van der Waals surface area contributed by atoms with Crippen molar-refractivity contribution in [2.24, 2.45) is 0 Å². The summed E-state index contributed by atoms with van der Waals surface area (Å²) >= 11 is 0. The van der Waals surface area contributed by atoms with E-state index in [-0.39, 0.29) is 24.4 Å². The molecule has 4 rings (SSSR count). The van der Waals surface area contributed by atoms with Crippen LogP contribution in [-0.2, 0) is 17.6 Å². The molecule has 1 aliphatic carbocycles. The number of nitrogens with one attached hydrogen (secondary N) is 1. The van der Waals surface area contributed by atoms with Crippen LogP contribution in [0.5, 0.6) is 11.8 Å². The fourth-order valence-corrected chi connectivity index (χ4v) is 4.81. The van der Waals surface area contributed by atoms with E-state index in [1.807, 2.05) is 13.0 Å². The van der Waals surface area contributed by atoms with Gasteiger partial charge in [-0.1, -0.05) is 6.07 Å². The molecule has 0 unspecified atom stereocenters. The van der Waals surface area contributed by atoms with Crippen LogP contribution in [-0.4, -0.2) is 76.7 Å². The maximum atomic E-state index is 15.5. The Kier molecular flexibility index (Phi) is 9.18. The fraction of sp³-hybridized carbons (Fsp3) is 0.615. The Hall–Kier alpha value is -2.95. The summed E-state index contributed by atoms with van der Waals surface area (Å²) in [5.41, 5.74) is 1.46. The van der Waals surface area contributed by atoms with E-state index < -0.39 is 18.7 Å². The lowest BCUT2D eigenvalue weighted by atomic mass is 9.81. The van der Waals surface area contributed by atoms with E-state index in [1.165, 1.54) is 6.20 Å². The van der Waals surface area contributed by atoms with Gasteiger partial charge in [0.15, 0.2) is 13.2 Å². The van der Waals surface area contributed by atoms with Gasteiger partial charge in [-0.2, -0.15) is 0 Å². The molecule has 0 aromatic carbocycles. The Balaban J connectivity index is 1.16. The third-order valence-electron chi connectivity index (χ3n) is 6.99. The first-order chi connectivity index (χ1) is 17.8. The van der Waals surface area contributed by atoms with Crippen LogP contribution in [0, 0.1) is 6.92 Å². The van der Waals surface area contributed by atoms with Crippen molar-refractivity contribution in [2.45, 2.75) is 70.0 Å². The largest absolute Gasteiger partial charge is 0.472 e. The minimum absolute atomic E-state index is 0.0654. The average Bonchev–Trinajstić information content (AvgIpc) is 3.09. The van der Waals surface area contributed by atoms with E-state index in [0.29, 0.717) is 50.9 Å². The highest BCUT2D eigenvalue weighted by Gasteiger charge is 2.36. The van der Waals surface area contributed by atoms with Crippen molar-refractivity contribution >= 4 is 5.91 Å². The Morgan fingerprint density at radius 2 is 1.92 bits per heavy atom. The number of alkyl halides is 3. The number of hydrogen-bond donors (Lipinski definition) is 1. The Labute approximate surface area is 215 Å². The lowest BCUT2D eigenvalue weighted by molar-refractivity contribution is -0.124. The van der Waals surface area contributed by atoms with E-state index in [2.05, 4.69) is 25.2 Å². The first kappa shape index (κ1) is 27.1. The van der Waals surface area contributed by atoms with Gasteiger partial charge in [-0.15, -0.1) is 0 Å². The topological polar surface area (TPSA) is 89.5 Å². The molecule has 8 nitrogen and oxygen atoms in total. The molecule has 2 aliphatic rings. The van der Waals surface area contributed by atoms with Gasteiger partial charge in [-0.25, -0.2) is 23.1 Å². The number of ether oxygens (including phenoxy) is 2. The molecule has 11 heteroatoms. The maximum Gasteiger partial charge on any atom is 0.272 e. The molecule has 2 aromatic rings. The molecule has 3 heterocycles. The van der Waals surface area contributed by atoms with Crippen molar-refractivity contribution in [2.75, 3.05) is 32.8 Å². The second kappa shape index (κ2) is 12.5. The molecule has 37 heavy (non-hydrogen) atoms.